The van der Waals surface area contributed by atoms with Gasteiger partial charge in [-0.05, 0) is 18.9 Å². The zero-order valence-corrected chi connectivity index (χ0v) is 10.6. The number of aromatic nitrogens is 3. The van der Waals surface area contributed by atoms with Crippen LogP contribution in [0, 0.1) is 0 Å². The van der Waals surface area contributed by atoms with E-state index in [2.05, 4.69) is 15.3 Å². The van der Waals surface area contributed by atoms with Gasteiger partial charge in [-0.25, -0.2) is 4.98 Å². The SMILES string of the molecule is Nc1cncc(C(=O)NCCCCn2ccnc2)c1. The van der Waals surface area contributed by atoms with Crippen LogP contribution in [0.3, 0.4) is 0 Å². The van der Waals surface area contributed by atoms with Gasteiger partial charge < -0.3 is 15.6 Å². The smallest absolute Gasteiger partial charge is 0.252 e. The monoisotopic (exact) mass is 259 g/mol. The lowest BCUT2D eigenvalue weighted by Crippen LogP contribution is -2.24. The molecular weight excluding hydrogens is 242 g/mol. The van der Waals surface area contributed by atoms with Gasteiger partial charge in [-0.3, -0.25) is 9.78 Å². The van der Waals surface area contributed by atoms with Crippen molar-refractivity contribution in [3.8, 4) is 0 Å². The molecule has 0 spiro atoms. The highest BCUT2D eigenvalue weighted by molar-refractivity contribution is 5.94. The fourth-order valence-electron chi connectivity index (χ4n) is 1.72. The van der Waals surface area contributed by atoms with Crippen LogP contribution >= 0.6 is 0 Å². The largest absolute Gasteiger partial charge is 0.397 e. The average molecular weight is 259 g/mol. The van der Waals surface area contributed by atoms with Gasteiger partial charge in [0.15, 0.2) is 0 Å². The molecule has 19 heavy (non-hydrogen) atoms. The number of amides is 1. The van der Waals surface area contributed by atoms with E-state index in [-0.39, 0.29) is 5.91 Å². The summed E-state index contributed by atoms with van der Waals surface area (Å²) in [6.45, 7) is 1.55. The van der Waals surface area contributed by atoms with Crippen LogP contribution in [0.15, 0.2) is 37.2 Å². The molecule has 0 unspecified atom stereocenters. The van der Waals surface area contributed by atoms with E-state index in [0.717, 1.165) is 19.4 Å². The topological polar surface area (TPSA) is 85.8 Å². The molecule has 6 heteroatoms. The van der Waals surface area contributed by atoms with Crippen LogP contribution in [-0.2, 0) is 6.54 Å². The van der Waals surface area contributed by atoms with Crippen molar-refractivity contribution in [3.05, 3.63) is 42.7 Å². The lowest BCUT2D eigenvalue weighted by atomic mass is 10.2. The number of anilines is 1. The van der Waals surface area contributed by atoms with Crippen molar-refractivity contribution in [1.82, 2.24) is 19.9 Å². The molecule has 0 saturated heterocycles. The Bertz CT molecular complexity index is 524. The van der Waals surface area contributed by atoms with E-state index >= 15 is 0 Å². The molecule has 2 rings (SSSR count). The first-order chi connectivity index (χ1) is 9.25. The summed E-state index contributed by atoms with van der Waals surface area (Å²) in [5, 5.41) is 2.85. The standard InChI is InChI=1S/C13H17N5O/c14-12-7-11(8-16-9-12)13(19)17-3-1-2-5-18-6-4-15-10-18/h4,6-10H,1-3,5,14H2,(H,17,19). The van der Waals surface area contributed by atoms with E-state index in [1.54, 1.807) is 18.6 Å². The van der Waals surface area contributed by atoms with Gasteiger partial charge in [0.2, 0.25) is 0 Å². The number of nitrogen functional groups attached to an aromatic ring is 1. The number of hydrogen-bond donors (Lipinski definition) is 2. The van der Waals surface area contributed by atoms with Gasteiger partial charge in [0.1, 0.15) is 0 Å². The fourth-order valence-corrected chi connectivity index (χ4v) is 1.72. The number of imidazole rings is 1. The van der Waals surface area contributed by atoms with Crippen LogP contribution in [0.4, 0.5) is 5.69 Å². The number of unbranched alkanes of at least 4 members (excludes halogenated alkanes) is 1. The number of carbonyl (C=O) groups excluding carboxylic acids is 1. The normalized spacial score (nSPS) is 10.3. The first-order valence-corrected chi connectivity index (χ1v) is 6.20. The highest BCUT2D eigenvalue weighted by atomic mass is 16.1. The molecular formula is C13H17N5O. The Morgan fingerprint density at radius 2 is 2.21 bits per heavy atom. The van der Waals surface area contributed by atoms with Crippen LogP contribution in [0.25, 0.3) is 0 Å². The molecule has 0 atom stereocenters. The maximum absolute atomic E-state index is 11.8. The molecule has 0 radical (unpaired) electrons. The predicted molar refractivity (Wildman–Crippen MR) is 72.4 cm³/mol. The third-order valence-electron chi connectivity index (χ3n) is 2.71. The highest BCUT2D eigenvalue weighted by Crippen LogP contribution is 2.03. The van der Waals surface area contributed by atoms with Crippen molar-refractivity contribution in [2.75, 3.05) is 12.3 Å². The van der Waals surface area contributed by atoms with E-state index in [4.69, 9.17) is 5.73 Å². The maximum atomic E-state index is 11.8. The Hall–Kier alpha value is -2.37. The van der Waals surface area contributed by atoms with Gasteiger partial charge in [0, 0.05) is 37.9 Å². The molecule has 0 aliphatic heterocycles. The Kier molecular flexibility index (Phi) is 4.49. The Labute approximate surface area is 111 Å². The van der Waals surface area contributed by atoms with Gasteiger partial charge in [-0.15, -0.1) is 0 Å². The van der Waals surface area contributed by atoms with Crippen molar-refractivity contribution in [3.63, 3.8) is 0 Å². The number of rotatable bonds is 6. The summed E-state index contributed by atoms with van der Waals surface area (Å²) in [5.74, 6) is -0.137. The van der Waals surface area contributed by atoms with Crippen molar-refractivity contribution >= 4 is 11.6 Å². The second-order valence-electron chi connectivity index (χ2n) is 4.27. The Morgan fingerprint density at radius 1 is 1.32 bits per heavy atom. The fraction of sp³-hybridized carbons (Fsp3) is 0.308. The maximum Gasteiger partial charge on any atom is 0.252 e. The number of nitrogens with one attached hydrogen (secondary N) is 1. The second-order valence-corrected chi connectivity index (χ2v) is 4.27. The van der Waals surface area contributed by atoms with Crippen molar-refractivity contribution in [1.29, 1.82) is 0 Å². The molecule has 0 fully saturated rings. The van der Waals surface area contributed by atoms with Crippen molar-refractivity contribution in [2.45, 2.75) is 19.4 Å². The molecule has 100 valence electrons. The van der Waals surface area contributed by atoms with Gasteiger partial charge in [0.25, 0.3) is 5.91 Å². The highest BCUT2D eigenvalue weighted by Gasteiger charge is 2.04. The van der Waals surface area contributed by atoms with Crippen LogP contribution in [0.2, 0.25) is 0 Å². The quantitative estimate of drug-likeness (QED) is 0.760. The molecule has 0 bridgehead atoms. The van der Waals surface area contributed by atoms with E-state index in [9.17, 15) is 4.79 Å². The van der Waals surface area contributed by atoms with Crippen LogP contribution in [0.5, 0.6) is 0 Å². The number of nitrogens with zero attached hydrogens (tertiary/aromatic N) is 3. The Morgan fingerprint density at radius 3 is 2.95 bits per heavy atom. The minimum absolute atomic E-state index is 0.137. The van der Waals surface area contributed by atoms with Crippen molar-refractivity contribution < 1.29 is 4.79 Å². The molecule has 0 aliphatic carbocycles. The third kappa shape index (κ3) is 4.09. The summed E-state index contributed by atoms with van der Waals surface area (Å²) >= 11 is 0. The van der Waals surface area contributed by atoms with E-state index in [1.807, 2.05) is 10.8 Å². The number of pyridine rings is 1. The van der Waals surface area contributed by atoms with Gasteiger partial charge >= 0.3 is 0 Å². The zero-order valence-electron chi connectivity index (χ0n) is 10.6. The zero-order chi connectivity index (χ0) is 13.5. The molecule has 3 N–H and O–H groups in total. The lowest BCUT2D eigenvalue weighted by Gasteiger charge is -2.06. The molecule has 0 saturated carbocycles. The van der Waals surface area contributed by atoms with E-state index in [1.165, 1.54) is 12.4 Å². The summed E-state index contributed by atoms with van der Waals surface area (Å²) in [6.07, 6.45) is 10.4. The summed E-state index contributed by atoms with van der Waals surface area (Å²) in [6, 6.07) is 1.62. The lowest BCUT2D eigenvalue weighted by molar-refractivity contribution is 0.0952. The molecule has 2 aromatic heterocycles. The number of nitrogens with two attached hydrogens (primary N) is 1. The molecule has 0 aromatic carbocycles. The van der Waals surface area contributed by atoms with Crippen LogP contribution in [-0.4, -0.2) is 27.0 Å². The van der Waals surface area contributed by atoms with E-state index < -0.39 is 0 Å². The van der Waals surface area contributed by atoms with Crippen molar-refractivity contribution in [2.24, 2.45) is 0 Å². The first kappa shape index (κ1) is 13.1. The molecule has 0 aliphatic rings. The van der Waals surface area contributed by atoms with Gasteiger partial charge in [0.05, 0.1) is 17.6 Å². The van der Waals surface area contributed by atoms with Gasteiger partial charge in [-0.1, -0.05) is 0 Å². The molecule has 1 amide bonds. The summed E-state index contributed by atoms with van der Waals surface area (Å²) in [5.41, 5.74) is 6.56. The van der Waals surface area contributed by atoms with Crippen LogP contribution in [0.1, 0.15) is 23.2 Å². The third-order valence-corrected chi connectivity index (χ3v) is 2.71. The first-order valence-electron chi connectivity index (χ1n) is 6.20. The predicted octanol–water partition coefficient (Wildman–Crippen LogP) is 1.07. The van der Waals surface area contributed by atoms with Crippen LogP contribution < -0.4 is 11.1 Å². The number of carbonyl (C=O) groups is 1. The Balaban J connectivity index is 1.67. The minimum Gasteiger partial charge on any atom is -0.397 e. The summed E-state index contributed by atoms with van der Waals surface area (Å²) < 4.78 is 2.02. The molecule has 2 heterocycles. The number of aryl methyl sites for hydroxylation is 1. The molecule has 2 aromatic rings. The minimum atomic E-state index is -0.137. The van der Waals surface area contributed by atoms with Gasteiger partial charge in [-0.2, -0.15) is 0 Å². The molecule has 6 nitrogen and oxygen atoms in total. The number of hydrogen-bond acceptors (Lipinski definition) is 4. The summed E-state index contributed by atoms with van der Waals surface area (Å²) in [7, 11) is 0. The second kappa shape index (κ2) is 6.53. The summed E-state index contributed by atoms with van der Waals surface area (Å²) in [4.78, 5) is 19.6. The van der Waals surface area contributed by atoms with E-state index in [0.29, 0.717) is 17.8 Å². The average Bonchev–Trinajstić information content (AvgIpc) is 2.91.